The number of allylic oxidation sites excluding steroid dienone is 3. The van der Waals surface area contributed by atoms with Gasteiger partial charge in [-0.25, -0.2) is 0 Å². The van der Waals surface area contributed by atoms with E-state index in [4.69, 9.17) is 11.5 Å². The lowest BCUT2D eigenvalue weighted by atomic mass is 9.84. The zero-order chi connectivity index (χ0) is 17.4. The molecule has 24 heavy (non-hydrogen) atoms. The Kier molecular flexibility index (Phi) is 7.09. The zero-order valence-electron chi connectivity index (χ0n) is 14.0. The van der Waals surface area contributed by atoms with Gasteiger partial charge in [-0.2, -0.15) is 0 Å². The Balaban J connectivity index is 2.10. The van der Waals surface area contributed by atoms with Crippen LogP contribution in [-0.4, -0.2) is 24.2 Å². The molecule has 0 saturated heterocycles. The van der Waals surface area contributed by atoms with Gasteiger partial charge in [-0.05, 0) is 37.1 Å². The second kappa shape index (κ2) is 9.30. The van der Waals surface area contributed by atoms with E-state index in [0.717, 1.165) is 44.2 Å². The molecule has 0 spiro atoms. The molecular formula is C20H26N2O2. The second-order valence-electron chi connectivity index (χ2n) is 6.17. The molecule has 0 aliphatic heterocycles. The molecule has 1 aromatic rings. The number of hydrogen-bond donors (Lipinski definition) is 2. The monoisotopic (exact) mass is 326 g/mol. The standard InChI is InChI=1S/C20H26N2O2/c21-14-8-3-1-2-7-11-16(22)20-18(24)13-12-17(23)19(20)15-9-5-4-6-10-15/h4-6,9-10,12-13,16H,1-3,7-8,11,14,21-22H2. The fourth-order valence-corrected chi connectivity index (χ4v) is 3.03. The third kappa shape index (κ3) is 4.73. The number of unbranched alkanes of at least 4 members (excludes halogenated alkanes) is 4. The van der Waals surface area contributed by atoms with Crippen molar-refractivity contribution in [3.8, 4) is 0 Å². The number of benzene rings is 1. The SMILES string of the molecule is NCCCCCCCC(N)C1=C(c2ccccc2)C(=O)C=CC1=O. The highest BCUT2D eigenvalue weighted by molar-refractivity contribution is 6.36. The first kappa shape index (κ1) is 18.3. The van der Waals surface area contributed by atoms with Crippen LogP contribution in [0.2, 0.25) is 0 Å². The van der Waals surface area contributed by atoms with Crippen molar-refractivity contribution in [2.24, 2.45) is 11.5 Å². The summed E-state index contributed by atoms with van der Waals surface area (Å²) in [6.45, 7) is 0.732. The minimum atomic E-state index is -0.406. The van der Waals surface area contributed by atoms with Crippen LogP contribution in [-0.2, 0) is 9.59 Å². The number of carbonyl (C=O) groups is 2. The van der Waals surface area contributed by atoms with E-state index in [1.54, 1.807) is 0 Å². The van der Waals surface area contributed by atoms with E-state index in [1.807, 2.05) is 30.3 Å². The van der Waals surface area contributed by atoms with Crippen LogP contribution < -0.4 is 11.5 Å². The van der Waals surface area contributed by atoms with Gasteiger partial charge in [0.1, 0.15) is 0 Å². The molecule has 0 fully saturated rings. The molecule has 0 aromatic heterocycles. The first-order chi connectivity index (χ1) is 11.6. The number of carbonyl (C=O) groups excluding carboxylic acids is 2. The van der Waals surface area contributed by atoms with Crippen molar-refractivity contribution >= 4 is 17.1 Å². The highest BCUT2D eigenvalue weighted by Gasteiger charge is 2.27. The molecule has 0 heterocycles. The molecule has 4 nitrogen and oxygen atoms in total. The van der Waals surface area contributed by atoms with Crippen molar-refractivity contribution in [3.05, 3.63) is 53.6 Å². The molecule has 0 radical (unpaired) electrons. The summed E-state index contributed by atoms with van der Waals surface area (Å²) < 4.78 is 0. The van der Waals surface area contributed by atoms with E-state index in [0.29, 0.717) is 17.6 Å². The minimum Gasteiger partial charge on any atom is -0.330 e. The predicted octanol–water partition coefficient (Wildman–Crippen LogP) is 2.77. The average molecular weight is 326 g/mol. The summed E-state index contributed by atoms with van der Waals surface area (Å²) in [5, 5.41) is 0. The van der Waals surface area contributed by atoms with Crippen molar-refractivity contribution in [1.82, 2.24) is 0 Å². The van der Waals surface area contributed by atoms with Crippen LogP contribution in [0, 0.1) is 0 Å². The maximum Gasteiger partial charge on any atom is 0.187 e. The van der Waals surface area contributed by atoms with E-state index in [-0.39, 0.29) is 11.6 Å². The summed E-state index contributed by atoms with van der Waals surface area (Å²) in [4.78, 5) is 24.7. The van der Waals surface area contributed by atoms with Crippen molar-refractivity contribution in [2.75, 3.05) is 6.54 Å². The van der Waals surface area contributed by atoms with Crippen molar-refractivity contribution in [1.29, 1.82) is 0 Å². The van der Waals surface area contributed by atoms with Crippen molar-refractivity contribution < 1.29 is 9.59 Å². The fourth-order valence-electron chi connectivity index (χ4n) is 3.03. The summed E-state index contributed by atoms with van der Waals surface area (Å²) in [6.07, 6.45) is 8.71. The third-order valence-electron chi connectivity index (χ3n) is 4.32. The molecule has 1 aliphatic rings. The van der Waals surface area contributed by atoms with E-state index in [1.165, 1.54) is 12.2 Å². The van der Waals surface area contributed by atoms with Gasteiger partial charge in [-0.1, -0.05) is 56.0 Å². The van der Waals surface area contributed by atoms with Crippen LogP contribution in [0.3, 0.4) is 0 Å². The van der Waals surface area contributed by atoms with Gasteiger partial charge in [0.25, 0.3) is 0 Å². The minimum absolute atomic E-state index is 0.144. The Labute approximate surface area is 143 Å². The maximum absolute atomic E-state index is 12.3. The molecule has 0 bridgehead atoms. The summed E-state index contributed by atoms with van der Waals surface area (Å²) in [6, 6.07) is 8.89. The topological polar surface area (TPSA) is 86.2 Å². The summed E-state index contributed by atoms with van der Waals surface area (Å²) >= 11 is 0. The number of nitrogens with two attached hydrogens (primary N) is 2. The first-order valence-electron chi connectivity index (χ1n) is 8.67. The van der Waals surface area contributed by atoms with Crippen LogP contribution >= 0.6 is 0 Å². The number of ketones is 2. The molecule has 4 heteroatoms. The Morgan fingerprint density at radius 2 is 1.46 bits per heavy atom. The predicted molar refractivity (Wildman–Crippen MR) is 97.2 cm³/mol. The van der Waals surface area contributed by atoms with Crippen LogP contribution in [0.15, 0.2) is 48.1 Å². The summed E-state index contributed by atoms with van der Waals surface area (Å²) in [7, 11) is 0. The summed E-state index contributed by atoms with van der Waals surface area (Å²) in [5.41, 5.74) is 13.4. The Morgan fingerprint density at radius 1 is 0.833 bits per heavy atom. The van der Waals surface area contributed by atoms with Gasteiger partial charge >= 0.3 is 0 Å². The lowest BCUT2D eigenvalue weighted by Gasteiger charge is -2.20. The van der Waals surface area contributed by atoms with Crippen LogP contribution in [0.1, 0.15) is 44.1 Å². The lowest BCUT2D eigenvalue weighted by Crippen LogP contribution is -2.30. The van der Waals surface area contributed by atoms with Gasteiger partial charge in [-0.15, -0.1) is 0 Å². The van der Waals surface area contributed by atoms with Gasteiger partial charge in [-0.3, -0.25) is 9.59 Å². The zero-order valence-corrected chi connectivity index (χ0v) is 14.0. The first-order valence-corrected chi connectivity index (χ1v) is 8.67. The van der Waals surface area contributed by atoms with Gasteiger partial charge in [0.15, 0.2) is 11.6 Å². The Morgan fingerprint density at radius 3 is 2.17 bits per heavy atom. The normalized spacial score (nSPS) is 15.9. The number of hydrogen-bond acceptors (Lipinski definition) is 4. The highest BCUT2D eigenvalue weighted by atomic mass is 16.1. The quantitative estimate of drug-likeness (QED) is 0.540. The molecule has 1 unspecified atom stereocenters. The molecule has 128 valence electrons. The lowest BCUT2D eigenvalue weighted by molar-refractivity contribution is -0.114. The van der Waals surface area contributed by atoms with E-state index >= 15 is 0 Å². The Bertz CT molecular complexity index is 632. The molecular weight excluding hydrogens is 300 g/mol. The molecule has 1 atom stereocenters. The fraction of sp³-hybridized carbons (Fsp3) is 0.400. The molecule has 4 N–H and O–H groups in total. The molecule has 0 amide bonds. The van der Waals surface area contributed by atoms with Crippen molar-refractivity contribution in [3.63, 3.8) is 0 Å². The van der Waals surface area contributed by atoms with Gasteiger partial charge < -0.3 is 11.5 Å². The average Bonchev–Trinajstić information content (AvgIpc) is 2.60. The maximum atomic E-state index is 12.3. The van der Waals surface area contributed by atoms with Gasteiger partial charge in [0, 0.05) is 17.2 Å². The van der Waals surface area contributed by atoms with Gasteiger partial charge in [0.2, 0.25) is 0 Å². The summed E-state index contributed by atoms with van der Waals surface area (Å²) in [5.74, 6) is -0.293. The van der Waals surface area contributed by atoms with E-state index < -0.39 is 6.04 Å². The Hall–Kier alpha value is -2.04. The molecule has 1 aliphatic carbocycles. The van der Waals surface area contributed by atoms with Crippen LogP contribution in [0.5, 0.6) is 0 Å². The van der Waals surface area contributed by atoms with Gasteiger partial charge in [0.05, 0.1) is 0 Å². The molecule has 1 aromatic carbocycles. The van der Waals surface area contributed by atoms with E-state index in [2.05, 4.69) is 0 Å². The molecule has 0 saturated carbocycles. The largest absolute Gasteiger partial charge is 0.330 e. The van der Waals surface area contributed by atoms with E-state index in [9.17, 15) is 9.59 Å². The highest BCUT2D eigenvalue weighted by Crippen LogP contribution is 2.27. The third-order valence-corrected chi connectivity index (χ3v) is 4.32. The smallest absolute Gasteiger partial charge is 0.187 e. The molecule has 2 rings (SSSR count). The second-order valence-corrected chi connectivity index (χ2v) is 6.17. The van der Waals surface area contributed by atoms with Crippen LogP contribution in [0.4, 0.5) is 0 Å². The van der Waals surface area contributed by atoms with Crippen LogP contribution in [0.25, 0.3) is 5.57 Å². The van der Waals surface area contributed by atoms with Crippen molar-refractivity contribution in [2.45, 2.75) is 44.6 Å². The number of rotatable bonds is 9.